The highest BCUT2D eigenvalue weighted by molar-refractivity contribution is 7.99. The Morgan fingerprint density at radius 3 is 2.80 bits per heavy atom. The number of ketones is 1. The topological polar surface area (TPSA) is 97.6 Å². The van der Waals surface area contributed by atoms with E-state index in [0.717, 1.165) is 22.6 Å². The number of nitrogens with zero attached hydrogens (tertiary/aromatic N) is 5. The first-order valence-electron chi connectivity index (χ1n) is 9.08. The average Bonchev–Trinajstić information content (AvgIpc) is 3.48. The number of hydrogen-bond donors (Lipinski definition) is 0. The summed E-state index contributed by atoms with van der Waals surface area (Å²) in [6.07, 6.45) is 1.60. The van der Waals surface area contributed by atoms with Gasteiger partial charge in [0.05, 0.1) is 29.3 Å². The summed E-state index contributed by atoms with van der Waals surface area (Å²) < 4.78 is 7.14. The van der Waals surface area contributed by atoms with Gasteiger partial charge in [0.2, 0.25) is 0 Å². The van der Waals surface area contributed by atoms with Crippen molar-refractivity contribution in [2.24, 2.45) is 7.05 Å². The lowest BCUT2D eigenvalue weighted by atomic mass is 10.1. The third-order valence-electron chi connectivity index (χ3n) is 4.57. The predicted molar refractivity (Wildman–Crippen MR) is 115 cm³/mol. The van der Waals surface area contributed by atoms with Crippen LogP contribution < -0.4 is 0 Å². The maximum atomic E-state index is 12.7. The summed E-state index contributed by atoms with van der Waals surface area (Å²) >= 11 is 2.58. The summed E-state index contributed by atoms with van der Waals surface area (Å²) in [4.78, 5) is 17.3. The summed E-state index contributed by atoms with van der Waals surface area (Å²) in [5.41, 5.74) is 2.58. The number of Topliss-reactive ketones (excluding diaryl/α,β-unsaturated/α-hetero) is 1. The Kier molecular flexibility index (Phi) is 5.79. The van der Waals surface area contributed by atoms with Crippen LogP contribution in [-0.2, 0) is 11.8 Å². The minimum Gasteiger partial charge on any atom is -0.469 e. The lowest BCUT2D eigenvalue weighted by molar-refractivity contribution is -0.116. The Morgan fingerprint density at radius 2 is 2.10 bits per heavy atom. The zero-order chi connectivity index (χ0) is 21.1. The molecule has 0 spiro atoms. The van der Waals surface area contributed by atoms with Crippen LogP contribution in [0.4, 0.5) is 0 Å². The molecule has 1 aromatic carbocycles. The molecule has 0 bridgehead atoms. The number of carbonyl (C=O) groups excluding carboxylic acids is 1. The van der Waals surface area contributed by atoms with Crippen molar-refractivity contribution in [2.45, 2.75) is 18.0 Å². The Bertz CT molecular complexity index is 1220. The molecule has 0 radical (unpaired) electrons. The van der Waals surface area contributed by atoms with Gasteiger partial charge in [0.15, 0.2) is 22.7 Å². The van der Waals surface area contributed by atoms with Crippen LogP contribution in [0.3, 0.4) is 0 Å². The second-order valence-corrected chi connectivity index (χ2v) is 8.34. The molecule has 1 atom stereocenters. The predicted octanol–water partition coefficient (Wildman–Crippen LogP) is 4.48. The molecule has 0 aliphatic rings. The molecule has 9 heteroatoms. The summed E-state index contributed by atoms with van der Waals surface area (Å²) in [6.45, 7) is 1.86. The van der Waals surface area contributed by atoms with Gasteiger partial charge in [-0.1, -0.05) is 42.1 Å². The second kappa shape index (κ2) is 8.65. The molecule has 0 saturated heterocycles. The summed E-state index contributed by atoms with van der Waals surface area (Å²) in [7, 11) is 1.84. The monoisotopic (exact) mass is 435 g/mol. The molecule has 3 heterocycles. The van der Waals surface area contributed by atoms with E-state index in [2.05, 4.69) is 21.3 Å². The van der Waals surface area contributed by atoms with Gasteiger partial charge >= 0.3 is 0 Å². The number of rotatable bonds is 7. The van der Waals surface area contributed by atoms with Crippen molar-refractivity contribution in [1.82, 2.24) is 19.7 Å². The molecular weight excluding hydrogens is 418 g/mol. The van der Waals surface area contributed by atoms with Gasteiger partial charge in [-0.2, -0.15) is 5.26 Å². The summed E-state index contributed by atoms with van der Waals surface area (Å²) in [5.74, 6) is 0.417. The molecule has 30 heavy (non-hydrogen) atoms. The average molecular weight is 436 g/mol. The fourth-order valence-electron chi connectivity index (χ4n) is 2.94. The zero-order valence-electron chi connectivity index (χ0n) is 16.3. The molecule has 0 fully saturated rings. The van der Waals surface area contributed by atoms with Gasteiger partial charge in [-0.15, -0.1) is 21.5 Å². The van der Waals surface area contributed by atoms with E-state index in [0.29, 0.717) is 16.0 Å². The van der Waals surface area contributed by atoms with Gasteiger partial charge in [0.25, 0.3) is 0 Å². The largest absolute Gasteiger partial charge is 0.469 e. The highest BCUT2D eigenvalue weighted by atomic mass is 32.2. The first-order valence-corrected chi connectivity index (χ1v) is 10.9. The van der Waals surface area contributed by atoms with Crippen LogP contribution in [0.15, 0.2) is 57.6 Å². The smallest absolute Gasteiger partial charge is 0.191 e. The molecule has 4 aromatic rings. The first-order chi connectivity index (χ1) is 14.6. The Labute approximate surface area is 181 Å². The molecular formula is C21H17N5O2S2. The van der Waals surface area contributed by atoms with Crippen LogP contribution in [0.1, 0.15) is 16.7 Å². The van der Waals surface area contributed by atoms with Crippen LogP contribution in [0.5, 0.6) is 0 Å². The molecule has 3 aromatic heterocycles. The van der Waals surface area contributed by atoms with Gasteiger partial charge in [-0.25, -0.2) is 4.98 Å². The van der Waals surface area contributed by atoms with Crippen LogP contribution in [0, 0.1) is 18.3 Å². The summed E-state index contributed by atoms with van der Waals surface area (Å²) in [5, 5.41) is 20.9. The molecule has 0 saturated carbocycles. The van der Waals surface area contributed by atoms with Crippen molar-refractivity contribution in [3.63, 3.8) is 0 Å². The van der Waals surface area contributed by atoms with Gasteiger partial charge in [-0.05, 0) is 13.0 Å². The van der Waals surface area contributed by atoms with Gasteiger partial charge in [0, 0.05) is 18.0 Å². The van der Waals surface area contributed by atoms with Crippen LogP contribution in [-0.4, -0.2) is 31.3 Å². The number of aryl methyl sites for hydroxylation is 1. The molecule has 1 unspecified atom stereocenters. The van der Waals surface area contributed by atoms with E-state index in [4.69, 9.17) is 4.42 Å². The molecule has 150 valence electrons. The number of thioether (sulfide) groups is 1. The van der Waals surface area contributed by atoms with Gasteiger partial charge < -0.3 is 8.98 Å². The molecule has 0 aliphatic heterocycles. The first kappa shape index (κ1) is 20.1. The van der Waals surface area contributed by atoms with E-state index in [1.165, 1.54) is 23.1 Å². The third kappa shape index (κ3) is 3.92. The number of thiazole rings is 1. The van der Waals surface area contributed by atoms with Crippen LogP contribution in [0.25, 0.3) is 22.6 Å². The second-order valence-electron chi connectivity index (χ2n) is 6.51. The van der Waals surface area contributed by atoms with E-state index in [-0.39, 0.29) is 11.5 Å². The Balaban J connectivity index is 1.46. The van der Waals surface area contributed by atoms with Crippen molar-refractivity contribution in [2.75, 3.05) is 5.75 Å². The number of furan rings is 1. The van der Waals surface area contributed by atoms with Crippen LogP contribution in [0.2, 0.25) is 0 Å². The Morgan fingerprint density at radius 1 is 1.30 bits per heavy atom. The molecule has 0 aliphatic carbocycles. The highest BCUT2D eigenvalue weighted by Gasteiger charge is 2.25. The van der Waals surface area contributed by atoms with Gasteiger partial charge in [-0.3, -0.25) is 4.79 Å². The lowest BCUT2D eigenvalue weighted by Gasteiger charge is -2.05. The van der Waals surface area contributed by atoms with Gasteiger partial charge in [0.1, 0.15) is 10.8 Å². The normalized spacial score (nSPS) is 11.9. The van der Waals surface area contributed by atoms with Crippen molar-refractivity contribution in [3.8, 4) is 28.7 Å². The van der Waals surface area contributed by atoms with E-state index in [1.807, 2.05) is 60.3 Å². The maximum absolute atomic E-state index is 12.7. The van der Waals surface area contributed by atoms with E-state index >= 15 is 0 Å². The number of nitriles is 1. The molecule has 7 nitrogen and oxygen atoms in total. The number of aromatic nitrogens is 4. The number of hydrogen-bond acceptors (Lipinski definition) is 8. The van der Waals surface area contributed by atoms with E-state index in [9.17, 15) is 10.1 Å². The minimum atomic E-state index is -0.899. The standard InChI is InChI=1S/C21H17N5O2S2/c1-13-15(8-9-28-13)19-24-25-21(26(19)2)30-12-18(27)16(10-22)20-23-17(11-29-20)14-6-4-3-5-7-14/h3-9,11,16H,12H2,1-2H3. The minimum absolute atomic E-state index is 0.106. The molecule has 0 N–H and O–H groups in total. The van der Waals surface area contributed by atoms with Crippen molar-refractivity contribution < 1.29 is 9.21 Å². The third-order valence-corrected chi connectivity index (χ3v) is 6.52. The van der Waals surface area contributed by atoms with E-state index < -0.39 is 5.92 Å². The quantitative estimate of drug-likeness (QED) is 0.395. The Hall–Kier alpha value is -3.22. The summed E-state index contributed by atoms with van der Waals surface area (Å²) in [6, 6.07) is 13.6. The molecule has 4 rings (SSSR count). The number of benzene rings is 1. The number of carbonyl (C=O) groups is 1. The SMILES string of the molecule is Cc1occc1-c1nnc(SCC(=O)C(C#N)c2nc(-c3ccccc3)cs2)n1C. The zero-order valence-corrected chi connectivity index (χ0v) is 17.9. The van der Waals surface area contributed by atoms with Crippen molar-refractivity contribution in [3.05, 3.63) is 58.8 Å². The van der Waals surface area contributed by atoms with Crippen molar-refractivity contribution in [1.29, 1.82) is 5.26 Å². The maximum Gasteiger partial charge on any atom is 0.191 e. The highest BCUT2D eigenvalue weighted by Crippen LogP contribution is 2.29. The van der Waals surface area contributed by atoms with Crippen LogP contribution >= 0.6 is 23.1 Å². The fourth-order valence-corrected chi connectivity index (χ4v) is 4.65. The van der Waals surface area contributed by atoms with Crippen molar-refractivity contribution >= 4 is 28.9 Å². The van der Waals surface area contributed by atoms with E-state index in [1.54, 1.807) is 6.26 Å². The fraction of sp³-hybridized carbons (Fsp3) is 0.190. The molecule has 0 amide bonds. The lowest BCUT2D eigenvalue weighted by Crippen LogP contribution is -2.13.